The molecular formula is C16H24N2O. The van der Waals surface area contributed by atoms with Crippen LogP contribution in [0.4, 0.5) is 0 Å². The van der Waals surface area contributed by atoms with Crippen molar-refractivity contribution in [3.63, 3.8) is 0 Å². The van der Waals surface area contributed by atoms with Crippen molar-refractivity contribution in [2.45, 2.75) is 51.6 Å². The molecule has 0 spiro atoms. The Kier molecular flexibility index (Phi) is 4.97. The lowest BCUT2D eigenvalue weighted by Crippen LogP contribution is -2.36. The summed E-state index contributed by atoms with van der Waals surface area (Å²) >= 11 is 0. The molecule has 1 aromatic carbocycles. The van der Waals surface area contributed by atoms with Gasteiger partial charge in [0.05, 0.1) is 0 Å². The summed E-state index contributed by atoms with van der Waals surface area (Å²) in [5, 5.41) is 3.00. The lowest BCUT2D eigenvalue weighted by Gasteiger charge is -2.27. The molecule has 3 heteroatoms. The highest BCUT2D eigenvalue weighted by Crippen LogP contribution is 2.25. The number of hydrogen-bond acceptors (Lipinski definition) is 2. The van der Waals surface area contributed by atoms with E-state index in [0.717, 1.165) is 18.4 Å². The van der Waals surface area contributed by atoms with Gasteiger partial charge in [0.1, 0.15) is 0 Å². The molecule has 1 aliphatic carbocycles. The first kappa shape index (κ1) is 14.1. The molecule has 1 amide bonds. The maximum atomic E-state index is 11.9. The highest BCUT2D eigenvalue weighted by molar-refractivity contribution is 5.76. The highest BCUT2D eigenvalue weighted by Gasteiger charge is 2.23. The lowest BCUT2D eigenvalue weighted by molar-refractivity contribution is -0.122. The van der Waals surface area contributed by atoms with Crippen molar-refractivity contribution < 1.29 is 4.79 Å². The van der Waals surface area contributed by atoms with Crippen LogP contribution in [0.3, 0.4) is 0 Å². The van der Waals surface area contributed by atoms with Crippen molar-refractivity contribution >= 4 is 5.91 Å². The molecule has 2 atom stereocenters. The van der Waals surface area contributed by atoms with Crippen LogP contribution in [0.1, 0.15) is 43.2 Å². The summed E-state index contributed by atoms with van der Waals surface area (Å²) in [7, 11) is 0. The predicted molar refractivity (Wildman–Crippen MR) is 77.6 cm³/mol. The molecule has 0 aromatic heterocycles. The third-order valence-electron chi connectivity index (χ3n) is 3.99. The Hall–Kier alpha value is -1.35. The van der Waals surface area contributed by atoms with Crippen molar-refractivity contribution in [1.29, 1.82) is 0 Å². The number of benzene rings is 1. The second kappa shape index (κ2) is 6.71. The minimum absolute atomic E-state index is 0.129. The topological polar surface area (TPSA) is 55.1 Å². The first-order valence-corrected chi connectivity index (χ1v) is 7.23. The van der Waals surface area contributed by atoms with E-state index in [1.165, 1.54) is 18.4 Å². The third kappa shape index (κ3) is 4.35. The standard InChI is InChI=1S/C16H24N2O/c1-12-5-4-6-13(9-12)11-18-16(19)10-14-7-2-3-8-15(14)17/h4-6,9,14-15H,2-3,7-8,10-11,17H2,1H3,(H,18,19). The molecule has 2 unspecified atom stereocenters. The molecule has 0 bridgehead atoms. The average Bonchev–Trinajstić information content (AvgIpc) is 2.39. The Morgan fingerprint density at radius 1 is 1.37 bits per heavy atom. The molecule has 1 aliphatic rings. The number of aryl methyl sites for hydroxylation is 1. The first-order valence-electron chi connectivity index (χ1n) is 7.23. The number of amides is 1. The van der Waals surface area contributed by atoms with E-state index in [-0.39, 0.29) is 11.9 Å². The van der Waals surface area contributed by atoms with Crippen LogP contribution in [0.25, 0.3) is 0 Å². The zero-order valence-corrected chi connectivity index (χ0v) is 11.7. The van der Waals surface area contributed by atoms with Gasteiger partial charge < -0.3 is 11.1 Å². The highest BCUT2D eigenvalue weighted by atomic mass is 16.1. The minimum atomic E-state index is 0.129. The summed E-state index contributed by atoms with van der Waals surface area (Å²) < 4.78 is 0. The Morgan fingerprint density at radius 2 is 2.16 bits per heavy atom. The summed E-state index contributed by atoms with van der Waals surface area (Å²) in [4.78, 5) is 11.9. The quantitative estimate of drug-likeness (QED) is 0.874. The number of carbonyl (C=O) groups is 1. The summed E-state index contributed by atoms with van der Waals surface area (Å²) in [5.74, 6) is 0.495. The molecule has 0 heterocycles. The van der Waals surface area contributed by atoms with Crippen LogP contribution in [0, 0.1) is 12.8 Å². The molecule has 3 N–H and O–H groups in total. The zero-order chi connectivity index (χ0) is 13.7. The van der Waals surface area contributed by atoms with Crippen molar-refractivity contribution in [2.24, 2.45) is 11.7 Å². The van der Waals surface area contributed by atoms with Gasteiger partial charge in [-0.2, -0.15) is 0 Å². The minimum Gasteiger partial charge on any atom is -0.352 e. The summed E-state index contributed by atoms with van der Waals surface area (Å²) in [6.45, 7) is 2.68. The predicted octanol–water partition coefficient (Wildman–Crippen LogP) is 2.52. The van der Waals surface area contributed by atoms with Crippen LogP contribution >= 0.6 is 0 Å². The van der Waals surface area contributed by atoms with E-state index in [9.17, 15) is 4.79 Å². The maximum absolute atomic E-state index is 11.9. The summed E-state index contributed by atoms with van der Waals surface area (Å²) in [6, 6.07) is 8.44. The molecule has 1 saturated carbocycles. The van der Waals surface area contributed by atoms with Gasteiger partial charge in [-0.3, -0.25) is 4.79 Å². The Bertz CT molecular complexity index is 431. The molecule has 1 fully saturated rings. The summed E-state index contributed by atoms with van der Waals surface area (Å²) in [5.41, 5.74) is 8.45. The second-order valence-corrected chi connectivity index (χ2v) is 5.68. The van der Waals surface area contributed by atoms with E-state index in [2.05, 4.69) is 24.4 Å². The van der Waals surface area contributed by atoms with Crippen molar-refractivity contribution in [1.82, 2.24) is 5.32 Å². The van der Waals surface area contributed by atoms with Crippen LogP contribution in [0.2, 0.25) is 0 Å². The Balaban J connectivity index is 1.78. The van der Waals surface area contributed by atoms with Crippen LogP contribution in [-0.4, -0.2) is 11.9 Å². The maximum Gasteiger partial charge on any atom is 0.220 e. The SMILES string of the molecule is Cc1cccc(CNC(=O)CC2CCCCC2N)c1. The molecule has 104 valence electrons. The molecule has 19 heavy (non-hydrogen) atoms. The number of nitrogens with two attached hydrogens (primary N) is 1. The number of carbonyl (C=O) groups excluding carboxylic acids is 1. The van der Waals surface area contributed by atoms with Crippen LogP contribution in [-0.2, 0) is 11.3 Å². The average molecular weight is 260 g/mol. The molecule has 1 aromatic rings. The van der Waals surface area contributed by atoms with E-state index in [0.29, 0.717) is 18.9 Å². The van der Waals surface area contributed by atoms with Gasteiger partial charge in [0.25, 0.3) is 0 Å². The van der Waals surface area contributed by atoms with E-state index in [1.807, 2.05) is 12.1 Å². The largest absolute Gasteiger partial charge is 0.352 e. The van der Waals surface area contributed by atoms with E-state index in [1.54, 1.807) is 0 Å². The van der Waals surface area contributed by atoms with Gasteiger partial charge in [-0.25, -0.2) is 0 Å². The fraction of sp³-hybridized carbons (Fsp3) is 0.562. The first-order chi connectivity index (χ1) is 9.15. The van der Waals surface area contributed by atoms with Crippen LogP contribution < -0.4 is 11.1 Å². The fourth-order valence-corrected chi connectivity index (χ4v) is 2.82. The van der Waals surface area contributed by atoms with Gasteiger partial charge in [-0.15, -0.1) is 0 Å². The molecule has 0 saturated heterocycles. The second-order valence-electron chi connectivity index (χ2n) is 5.68. The van der Waals surface area contributed by atoms with Crippen molar-refractivity contribution in [3.05, 3.63) is 35.4 Å². The van der Waals surface area contributed by atoms with Gasteiger partial charge >= 0.3 is 0 Å². The van der Waals surface area contributed by atoms with Gasteiger partial charge in [0, 0.05) is 19.0 Å². The Labute approximate surface area is 115 Å². The zero-order valence-electron chi connectivity index (χ0n) is 11.7. The Morgan fingerprint density at radius 3 is 2.89 bits per heavy atom. The van der Waals surface area contributed by atoms with Crippen molar-refractivity contribution in [2.75, 3.05) is 0 Å². The van der Waals surface area contributed by atoms with E-state index in [4.69, 9.17) is 5.73 Å². The number of nitrogens with one attached hydrogen (secondary N) is 1. The van der Waals surface area contributed by atoms with Gasteiger partial charge in [-0.1, -0.05) is 42.7 Å². The van der Waals surface area contributed by atoms with Crippen molar-refractivity contribution in [3.8, 4) is 0 Å². The van der Waals surface area contributed by atoms with Gasteiger partial charge in [0.2, 0.25) is 5.91 Å². The molecular weight excluding hydrogens is 236 g/mol. The van der Waals surface area contributed by atoms with Crippen LogP contribution in [0.15, 0.2) is 24.3 Å². The smallest absolute Gasteiger partial charge is 0.220 e. The van der Waals surface area contributed by atoms with Crippen LogP contribution in [0.5, 0.6) is 0 Å². The van der Waals surface area contributed by atoms with E-state index < -0.39 is 0 Å². The molecule has 2 rings (SSSR count). The van der Waals surface area contributed by atoms with E-state index >= 15 is 0 Å². The number of hydrogen-bond donors (Lipinski definition) is 2. The molecule has 0 radical (unpaired) electrons. The monoisotopic (exact) mass is 260 g/mol. The third-order valence-corrected chi connectivity index (χ3v) is 3.99. The fourth-order valence-electron chi connectivity index (χ4n) is 2.82. The molecule has 0 aliphatic heterocycles. The summed E-state index contributed by atoms with van der Waals surface area (Å²) in [6.07, 6.45) is 5.16. The normalized spacial score (nSPS) is 23.1. The molecule has 3 nitrogen and oxygen atoms in total. The van der Waals surface area contributed by atoms with Gasteiger partial charge in [-0.05, 0) is 31.2 Å². The number of rotatable bonds is 4. The lowest BCUT2D eigenvalue weighted by atomic mass is 9.83. The van der Waals surface area contributed by atoms with Gasteiger partial charge in [0.15, 0.2) is 0 Å².